The Balaban J connectivity index is 2.63. The van der Waals surface area contributed by atoms with Crippen molar-refractivity contribution in [2.45, 2.75) is 33.1 Å². The van der Waals surface area contributed by atoms with Crippen LogP contribution in [-0.4, -0.2) is 31.6 Å². The van der Waals surface area contributed by atoms with Gasteiger partial charge in [-0.15, -0.1) is 0 Å². The third kappa shape index (κ3) is 2.93. The second-order valence-corrected chi connectivity index (χ2v) is 6.45. The Bertz CT molecular complexity index is 348. The molecular weight excluding hydrogens is 212 g/mol. The average molecular weight is 230 g/mol. The molecule has 0 unspecified atom stereocenters. The van der Waals surface area contributed by atoms with Crippen molar-refractivity contribution in [2.75, 3.05) is 18.8 Å². The minimum absolute atomic E-state index is 0.276. The summed E-state index contributed by atoms with van der Waals surface area (Å²) in [5, 5.41) is 8.43. The van der Waals surface area contributed by atoms with Crippen molar-refractivity contribution in [3.8, 4) is 6.07 Å². The normalized spacial score (nSPS) is 22.2. The summed E-state index contributed by atoms with van der Waals surface area (Å²) in [7, 11) is -3.32. The maximum atomic E-state index is 11.6. The molecule has 0 saturated carbocycles. The van der Waals surface area contributed by atoms with Gasteiger partial charge in [-0.2, -0.15) is 5.26 Å². The predicted octanol–water partition coefficient (Wildman–Crippen LogP) is 1.35. The molecule has 4 nitrogen and oxygen atoms in total. The van der Waals surface area contributed by atoms with E-state index in [0.717, 1.165) is 19.3 Å². The quantitative estimate of drug-likeness (QED) is 0.735. The fourth-order valence-corrected chi connectivity index (χ4v) is 2.92. The highest BCUT2D eigenvalue weighted by Crippen LogP contribution is 2.34. The number of sulfonamides is 1. The van der Waals surface area contributed by atoms with Crippen LogP contribution in [0.15, 0.2) is 0 Å². The third-order valence-corrected chi connectivity index (χ3v) is 5.07. The number of rotatable bonds is 3. The van der Waals surface area contributed by atoms with Crippen molar-refractivity contribution in [1.29, 1.82) is 5.26 Å². The van der Waals surface area contributed by atoms with Crippen LogP contribution in [0.1, 0.15) is 33.1 Å². The molecule has 0 atom stereocenters. The Morgan fingerprint density at radius 1 is 1.40 bits per heavy atom. The van der Waals surface area contributed by atoms with Crippen LogP contribution in [0.3, 0.4) is 0 Å². The van der Waals surface area contributed by atoms with E-state index in [1.807, 2.05) is 0 Å². The standard InChI is InChI=1S/C10H18N2O2S/c1-3-10(2)4-7-12(8-5-10)15(13,14)9-6-11/h3-5,7-9H2,1-2H3. The smallest absolute Gasteiger partial charge is 0.211 e. The second kappa shape index (κ2) is 4.50. The zero-order valence-electron chi connectivity index (χ0n) is 9.36. The third-order valence-electron chi connectivity index (χ3n) is 3.42. The Kier molecular flexibility index (Phi) is 3.74. The first-order chi connectivity index (χ1) is 6.93. The van der Waals surface area contributed by atoms with Crippen LogP contribution in [0.2, 0.25) is 0 Å². The van der Waals surface area contributed by atoms with Gasteiger partial charge in [0.05, 0.1) is 6.07 Å². The summed E-state index contributed by atoms with van der Waals surface area (Å²) in [5.41, 5.74) is 0.276. The monoisotopic (exact) mass is 230 g/mol. The summed E-state index contributed by atoms with van der Waals surface area (Å²) in [6, 6.07) is 1.71. The van der Waals surface area contributed by atoms with Crippen molar-refractivity contribution in [3.63, 3.8) is 0 Å². The van der Waals surface area contributed by atoms with Crippen molar-refractivity contribution in [3.05, 3.63) is 0 Å². The molecule has 0 bridgehead atoms. The summed E-state index contributed by atoms with van der Waals surface area (Å²) < 4.78 is 24.6. The van der Waals surface area contributed by atoms with E-state index in [4.69, 9.17) is 5.26 Å². The molecule has 5 heteroatoms. The van der Waals surface area contributed by atoms with E-state index >= 15 is 0 Å². The van der Waals surface area contributed by atoms with Crippen LogP contribution in [-0.2, 0) is 10.0 Å². The molecule has 0 amide bonds. The fraction of sp³-hybridized carbons (Fsp3) is 0.900. The Morgan fingerprint density at radius 3 is 2.33 bits per heavy atom. The largest absolute Gasteiger partial charge is 0.227 e. The van der Waals surface area contributed by atoms with Gasteiger partial charge in [0.15, 0.2) is 5.75 Å². The summed E-state index contributed by atoms with van der Waals surface area (Å²) in [5.74, 6) is -0.393. The SMILES string of the molecule is CCC1(C)CCN(S(=O)(=O)CC#N)CC1. The lowest BCUT2D eigenvalue weighted by Gasteiger charge is -2.37. The van der Waals surface area contributed by atoms with Crippen molar-refractivity contribution in [1.82, 2.24) is 4.31 Å². The van der Waals surface area contributed by atoms with E-state index in [1.54, 1.807) is 6.07 Å². The minimum Gasteiger partial charge on any atom is -0.211 e. The van der Waals surface area contributed by atoms with Crippen LogP contribution < -0.4 is 0 Å². The van der Waals surface area contributed by atoms with Gasteiger partial charge in [-0.25, -0.2) is 12.7 Å². The van der Waals surface area contributed by atoms with Gasteiger partial charge in [0.1, 0.15) is 0 Å². The molecule has 1 rings (SSSR count). The molecule has 1 aliphatic rings. The Morgan fingerprint density at radius 2 is 1.93 bits per heavy atom. The van der Waals surface area contributed by atoms with E-state index in [1.165, 1.54) is 4.31 Å². The van der Waals surface area contributed by atoms with E-state index in [-0.39, 0.29) is 5.41 Å². The maximum Gasteiger partial charge on any atom is 0.227 e. The van der Waals surface area contributed by atoms with Crippen molar-refractivity contribution < 1.29 is 8.42 Å². The molecule has 0 radical (unpaired) electrons. The van der Waals surface area contributed by atoms with E-state index in [2.05, 4.69) is 13.8 Å². The first kappa shape index (κ1) is 12.5. The molecule has 1 aliphatic heterocycles. The average Bonchev–Trinajstić information content (AvgIpc) is 2.18. The molecule has 0 aromatic heterocycles. The van der Waals surface area contributed by atoms with Gasteiger partial charge >= 0.3 is 0 Å². The Labute approximate surface area is 91.9 Å². The lowest BCUT2D eigenvalue weighted by atomic mass is 9.79. The highest BCUT2D eigenvalue weighted by atomic mass is 32.2. The number of hydrogen-bond donors (Lipinski definition) is 0. The fourth-order valence-electron chi connectivity index (χ4n) is 1.83. The molecule has 0 aromatic carbocycles. The minimum atomic E-state index is -3.32. The van der Waals surface area contributed by atoms with Gasteiger partial charge in [0.25, 0.3) is 0 Å². The van der Waals surface area contributed by atoms with Gasteiger partial charge in [-0.3, -0.25) is 0 Å². The second-order valence-electron chi connectivity index (χ2n) is 4.48. The first-order valence-corrected chi connectivity index (χ1v) is 6.89. The molecule has 0 N–H and O–H groups in total. The van der Waals surface area contributed by atoms with E-state index in [9.17, 15) is 8.42 Å². The van der Waals surface area contributed by atoms with Gasteiger partial charge in [-0.1, -0.05) is 20.3 Å². The van der Waals surface area contributed by atoms with Gasteiger partial charge in [0.2, 0.25) is 10.0 Å². The summed E-state index contributed by atoms with van der Waals surface area (Å²) >= 11 is 0. The van der Waals surface area contributed by atoms with Crippen LogP contribution in [0.4, 0.5) is 0 Å². The van der Waals surface area contributed by atoms with Crippen LogP contribution in [0, 0.1) is 16.7 Å². The molecular formula is C10H18N2O2S. The zero-order chi connectivity index (χ0) is 11.5. The predicted molar refractivity (Wildman–Crippen MR) is 58.6 cm³/mol. The summed E-state index contributed by atoms with van der Waals surface area (Å²) in [6.45, 7) is 5.46. The van der Waals surface area contributed by atoms with Crippen molar-refractivity contribution >= 4 is 10.0 Å². The van der Waals surface area contributed by atoms with Crippen LogP contribution in [0.5, 0.6) is 0 Å². The van der Waals surface area contributed by atoms with Gasteiger partial charge in [0, 0.05) is 13.1 Å². The molecule has 0 aromatic rings. The number of nitriles is 1. The zero-order valence-corrected chi connectivity index (χ0v) is 10.2. The number of piperidine rings is 1. The molecule has 0 spiro atoms. The highest BCUT2D eigenvalue weighted by Gasteiger charge is 2.33. The first-order valence-electron chi connectivity index (χ1n) is 5.28. The highest BCUT2D eigenvalue weighted by molar-refractivity contribution is 7.89. The lowest BCUT2D eigenvalue weighted by molar-refractivity contribution is 0.169. The lowest BCUT2D eigenvalue weighted by Crippen LogP contribution is -2.42. The maximum absolute atomic E-state index is 11.6. The number of nitrogens with zero attached hydrogens (tertiary/aromatic N) is 2. The topological polar surface area (TPSA) is 61.2 Å². The summed E-state index contributed by atoms with van der Waals surface area (Å²) in [4.78, 5) is 0. The van der Waals surface area contributed by atoms with Crippen molar-refractivity contribution in [2.24, 2.45) is 5.41 Å². The number of hydrogen-bond acceptors (Lipinski definition) is 3. The molecule has 1 heterocycles. The molecule has 1 fully saturated rings. The molecule has 0 aliphatic carbocycles. The molecule has 15 heavy (non-hydrogen) atoms. The molecule has 1 saturated heterocycles. The molecule has 86 valence electrons. The van der Waals surface area contributed by atoms with Gasteiger partial charge in [-0.05, 0) is 18.3 Å². The Hall–Kier alpha value is -0.600. The van der Waals surface area contributed by atoms with Gasteiger partial charge < -0.3 is 0 Å². The van der Waals surface area contributed by atoms with Crippen LogP contribution in [0.25, 0.3) is 0 Å². The summed E-state index contributed by atoms with van der Waals surface area (Å²) in [6.07, 6.45) is 2.88. The van der Waals surface area contributed by atoms with E-state index in [0.29, 0.717) is 13.1 Å². The van der Waals surface area contributed by atoms with Crippen LogP contribution >= 0.6 is 0 Å². The van der Waals surface area contributed by atoms with E-state index < -0.39 is 15.8 Å².